The number of aliphatic carboxylic acids is 1. The van der Waals surface area contributed by atoms with Crippen molar-refractivity contribution in [3.8, 4) is 0 Å². The zero-order valence-electron chi connectivity index (χ0n) is 21.5. The monoisotopic (exact) mass is 452 g/mol. The van der Waals surface area contributed by atoms with Crippen molar-refractivity contribution in [3.63, 3.8) is 0 Å². The first-order chi connectivity index (χ1) is 15.3. The minimum absolute atomic E-state index is 0.305. The van der Waals surface area contributed by atoms with Crippen LogP contribution in [0.5, 0.6) is 0 Å². The highest BCUT2D eigenvalue weighted by Crippen LogP contribution is 2.13. The zero-order chi connectivity index (χ0) is 24.5. The summed E-state index contributed by atoms with van der Waals surface area (Å²) in [6, 6.07) is 0. The van der Waals surface area contributed by atoms with Gasteiger partial charge < -0.3 is 9.84 Å². The number of carbonyl (C=O) groups excluding carboxylic acids is 1. The lowest BCUT2D eigenvalue weighted by Crippen LogP contribution is -2.01. The summed E-state index contributed by atoms with van der Waals surface area (Å²) in [5, 5.41) is 8.58. The van der Waals surface area contributed by atoms with Crippen LogP contribution in [-0.2, 0) is 14.3 Å². The number of carboxylic acid groups (broad SMARTS) is 1. The Morgan fingerprint density at radius 2 is 1.28 bits per heavy atom. The van der Waals surface area contributed by atoms with Gasteiger partial charge in [0.2, 0.25) is 0 Å². The fourth-order valence-electron chi connectivity index (χ4n) is 3.35. The van der Waals surface area contributed by atoms with E-state index in [2.05, 4.69) is 33.9 Å². The Labute approximate surface area is 198 Å². The number of ether oxygens (including phenoxy) is 1. The molecule has 0 aromatic rings. The van der Waals surface area contributed by atoms with Crippen LogP contribution < -0.4 is 0 Å². The first-order valence-electron chi connectivity index (χ1n) is 13.0. The number of hydrogen-bond donors (Lipinski definition) is 1. The van der Waals surface area contributed by atoms with Gasteiger partial charge in [0.05, 0.1) is 6.61 Å². The fraction of sp³-hybridized carbons (Fsp3) is 0.786. The predicted octanol–water partition coefficient (Wildman–Crippen LogP) is 8.65. The van der Waals surface area contributed by atoms with E-state index >= 15 is 0 Å². The molecule has 0 amide bonds. The van der Waals surface area contributed by atoms with Gasteiger partial charge in [-0.05, 0) is 25.2 Å². The third kappa shape index (κ3) is 28.4. The van der Waals surface area contributed by atoms with Crippen LogP contribution in [-0.4, -0.2) is 23.7 Å². The van der Waals surface area contributed by atoms with E-state index in [1.54, 1.807) is 0 Å². The van der Waals surface area contributed by atoms with E-state index in [9.17, 15) is 9.59 Å². The SMILES string of the molecule is C=C(CCCCCCCC(C)C)C(=O)O.C=CC(=O)OCCCCCCCCCCCC. The van der Waals surface area contributed by atoms with E-state index in [0.717, 1.165) is 25.2 Å². The van der Waals surface area contributed by atoms with Crippen LogP contribution in [0.1, 0.15) is 130 Å². The molecule has 0 saturated carbocycles. The number of rotatable bonds is 21. The average Bonchev–Trinajstić information content (AvgIpc) is 2.76. The van der Waals surface area contributed by atoms with Gasteiger partial charge in [-0.2, -0.15) is 0 Å². The number of hydrogen-bond acceptors (Lipinski definition) is 3. The van der Waals surface area contributed by atoms with Crippen LogP contribution in [0.4, 0.5) is 0 Å². The fourth-order valence-corrected chi connectivity index (χ4v) is 3.35. The van der Waals surface area contributed by atoms with Gasteiger partial charge in [0.25, 0.3) is 0 Å². The summed E-state index contributed by atoms with van der Waals surface area (Å²) in [5.74, 6) is -0.354. The topological polar surface area (TPSA) is 63.6 Å². The van der Waals surface area contributed by atoms with Crippen LogP contribution in [0.15, 0.2) is 24.8 Å². The normalized spacial score (nSPS) is 10.4. The molecule has 0 atom stereocenters. The zero-order valence-corrected chi connectivity index (χ0v) is 21.5. The van der Waals surface area contributed by atoms with Gasteiger partial charge in [0.1, 0.15) is 0 Å². The Kier molecular flexibility index (Phi) is 26.2. The first kappa shape index (κ1) is 32.6. The highest BCUT2D eigenvalue weighted by atomic mass is 16.5. The molecule has 188 valence electrons. The van der Waals surface area contributed by atoms with E-state index < -0.39 is 5.97 Å². The lowest BCUT2D eigenvalue weighted by Gasteiger charge is -2.04. The molecule has 0 spiro atoms. The quantitative estimate of drug-likeness (QED) is 0.107. The van der Waals surface area contributed by atoms with Crippen LogP contribution in [0.2, 0.25) is 0 Å². The maximum absolute atomic E-state index is 10.7. The molecule has 0 saturated heterocycles. The van der Waals surface area contributed by atoms with Gasteiger partial charge in [-0.25, -0.2) is 9.59 Å². The Bertz CT molecular complexity index is 468. The van der Waals surface area contributed by atoms with Gasteiger partial charge in [-0.3, -0.25) is 0 Å². The molecule has 4 nitrogen and oxygen atoms in total. The van der Waals surface area contributed by atoms with E-state index in [4.69, 9.17) is 9.84 Å². The van der Waals surface area contributed by atoms with E-state index in [1.165, 1.54) is 89.5 Å². The summed E-state index contributed by atoms with van der Waals surface area (Å²) in [6.45, 7) is 14.2. The summed E-state index contributed by atoms with van der Waals surface area (Å²) >= 11 is 0. The minimum atomic E-state index is -0.852. The molecule has 0 bridgehead atoms. The van der Waals surface area contributed by atoms with Crippen LogP contribution in [0.25, 0.3) is 0 Å². The van der Waals surface area contributed by atoms with Crippen molar-refractivity contribution >= 4 is 11.9 Å². The molecule has 0 aromatic carbocycles. The minimum Gasteiger partial charge on any atom is -0.478 e. The smallest absolute Gasteiger partial charge is 0.330 e. The molecule has 0 radical (unpaired) electrons. The summed E-state index contributed by atoms with van der Waals surface area (Å²) in [6.07, 6.45) is 22.0. The Balaban J connectivity index is 0. The van der Waals surface area contributed by atoms with Crippen LogP contribution >= 0.6 is 0 Å². The lowest BCUT2D eigenvalue weighted by molar-refractivity contribution is -0.138. The summed E-state index contributed by atoms with van der Waals surface area (Å²) in [7, 11) is 0. The first-order valence-corrected chi connectivity index (χ1v) is 13.0. The second-order valence-electron chi connectivity index (χ2n) is 9.16. The van der Waals surface area contributed by atoms with Crippen molar-refractivity contribution in [3.05, 3.63) is 24.8 Å². The lowest BCUT2D eigenvalue weighted by atomic mass is 10.0. The number of carbonyl (C=O) groups is 2. The molecule has 32 heavy (non-hydrogen) atoms. The standard InChI is InChI=1S/C15H28O2.C13H24O2/c1-3-5-6-7-8-9-10-11-12-13-14-17-15(16)4-2;1-11(2)9-7-5-4-6-8-10-12(3)13(14)15/h4H,2-3,5-14H2,1H3;11H,3-10H2,1-2H3,(H,14,15). The van der Waals surface area contributed by atoms with Crippen molar-refractivity contribution in [2.75, 3.05) is 6.61 Å². The third-order valence-corrected chi connectivity index (χ3v) is 5.47. The maximum Gasteiger partial charge on any atom is 0.330 e. The van der Waals surface area contributed by atoms with E-state index in [-0.39, 0.29) is 5.97 Å². The molecule has 0 rings (SSSR count). The van der Waals surface area contributed by atoms with E-state index in [1.807, 2.05) is 0 Å². The predicted molar refractivity (Wildman–Crippen MR) is 137 cm³/mol. The number of carboxylic acids is 1. The second kappa shape index (κ2) is 25.7. The van der Waals surface area contributed by atoms with Crippen LogP contribution in [0.3, 0.4) is 0 Å². The summed E-state index contributed by atoms with van der Waals surface area (Å²) < 4.78 is 4.91. The summed E-state index contributed by atoms with van der Waals surface area (Å²) in [5.41, 5.74) is 0.345. The van der Waals surface area contributed by atoms with E-state index in [0.29, 0.717) is 18.6 Å². The van der Waals surface area contributed by atoms with Gasteiger partial charge >= 0.3 is 11.9 Å². The van der Waals surface area contributed by atoms with Crippen molar-refractivity contribution in [2.45, 2.75) is 130 Å². The Morgan fingerprint density at radius 1 is 0.812 bits per heavy atom. The van der Waals surface area contributed by atoms with Crippen molar-refractivity contribution in [1.82, 2.24) is 0 Å². The molecule has 0 aliphatic heterocycles. The Morgan fingerprint density at radius 3 is 1.75 bits per heavy atom. The average molecular weight is 453 g/mol. The molecule has 4 heteroatoms. The molecule has 0 aromatic heterocycles. The Hall–Kier alpha value is -1.58. The molecular formula is C28H52O4. The number of esters is 1. The largest absolute Gasteiger partial charge is 0.478 e. The number of unbranched alkanes of at least 4 members (excludes halogenated alkanes) is 13. The summed E-state index contributed by atoms with van der Waals surface area (Å²) in [4.78, 5) is 21.2. The second-order valence-corrected chi connectivity index (χ2v) is 9.16. The molecular weight excluding hydrogens is 400 g/mol. The molecule has 1 N–H and O–H groups in total. The maximum atomic E-state index is 10.7. The van der Waals surface area contributed by atoms with Gasteiger partial charge in [-0.15, -0.1) is 0 Å². The van der Waals surface area contributed by atoms with Gasteiger partial charge in [-0.1, -0.05) is 124 Å². The third-order valence-electron chi connectivity index (χ3n) is 5.47. The van der Waals surface area contributed by atoms with Gasteiger partial charge in [0, 0.05) is 11.6 Å². The van der Waals surface area contributed by atoms with Gasteiger partial charge in [0.15, 0.2) is 0 Å². The molecule has 0 heterocycles. The molecule has 0 aliphatic rings. The molecule has 0 unspecified atom stereocenters. The van der Waals surface area contributed by atoms with Crippen LogP contribution in [0, 0.1) is 5.92 Å². The van der Waals surface area contributed by atoms with Crippen molar-refractivity contribution < 1.29 is 19.4 Å². The van der Waals surface area contributed by atoms with Crippen molar-refractivity contribution in [2.24, 2.45) is 5.92 Å². The molecule has 0 fully saturated rings. The highest BCUT2D eigenvalue weighted by molar-refractivity contribution is 5.85. The molecule has 0 aliphatic carbocycles. The van der Waals surface area contributed by atoms with Crippen molar-refractivity contribution in [1.29, 1.82) is 0 Å². The highest BCUT2D eigenvalue weighted by Gasteiger charge is 2.02.